The summed E-state index contributed by atoms with van der Waals surface area (Å²) in [4.78, 5) is 11.6. The molecule has 0 aliphatic heterocycles. The maximum absolute atomic E-state index is 11.6. The van der Waals surface area contributed by atoms with E-state index in [1.54, 1.807) is 39.0 Å². The van der Waals surface area contributed by atoms with Gasteiger partial charge in [0.25, 0.3) is 0 Å². The van der Waals surface area contributed by atoms with Crippen LogP contribution in [-0.2, 0) is 4.74 Å². The van der Waals surface area contributed by atoms with Crippen LogP contribution in [0.15, 0.2) is 22.7 Å². The van der Waals surface area contributed by atoms with Crippen LogP contribution in [0, 0.1) is 0 Å². The van der Waals surface area contributed by atoms with Crippen LogP contribution in [0.5, 0.6) is 11.5 Å². The molecule has 0 aliphatic rings. The van der Waals surface area contributed by atoms with Crippen LogP contribution in [-0.4, -0.2) is 17.9 Å². The van der Waals surface area contributed by atoms with E-state index < -0.39 is 11.8 Å². The third kappa shape index (κ3) is 5.96. The van der Waals surface area contributed by atoms with Gasteiger partial charge in [-0.15, -0.1) is 0 Å². The summed E-state index contributed by atoms with van der Waals surface area (Å²) in [5.41, 5.74) is -0.588. The number of rotatable bonds is 3. The van der Waals surface area contributed by atoms with Crippen LogP contribution >= 0.6 is 15.9 Å². The Morgan fingerprint density at radius 1 is 1.26 bits per heavy atom. The first kappa shape index (κ1) is 15.8. The molecule has 1 aromatic carbocycles. The number of ether oxygens (including phenoxy) is 3. The zero-order valence-corrected chi connectivity index (χ0v) is 13.4. The summed E-state index contributed by atoms with van der Waals surface area (Å²) >= 11 is 3.32. The molecule has 19 heavy (non-hydrogen) atoms. The summed E-state index contributed by atoms with van der Waals surface area (Å²) in [5, 5.41) is 0. The molecule has 1 rings (SSSR count). The minimum absolute atomic E-state index is 0.0514. The smallest absolute Gasteiger partial charge is 0.491 e. The molecule has 0 aromatic heterocycles. The molecular formula is C14H19BrO4. The normalized spacial score (nSPS) is 11.3. The summed E-state index contributed by atoms with van der Waals surface area (Å²) in [7, 11) is 0. The van der Waals surface area contributed by atoms with Gasteiger partial charge in [-0.2, -0.15) is 0 Å². The average molecular weight is 331 g/mol. The van der Waals surface area contributed by atoms with Gasteiger partial charge in [0.1, 0.15) is 11.4 Å². The van der Waals surface area contributed by atoms with E-state index in [9.17, 15) is 4.79 Å². The Hall–Kier alpha value is -1.23. The van der Waals surface area contributed by atoms with Crippen molar-refractivity contribution in [3.8, 4) is 11.5 Å². The number of hydrogen-bond donors (Lipinski definition) is 0. The molecule has 0 heterocycles. The van der Waals surface area contributed by atoms with Crippen molar-refractivity contribution in [1.82, 2.24) is 0 Å². The molecule has 1 aromatic rings. The second-order valence-electron chi connectivity index (χ2n) is 5.33. The highest BCUT2D eigenvalue weighted by molar-refractivity contribution is 9.10. The molecule has 0 atom stereocenters. The molecule has 0 saturated heterocycles. The van der Waals surface area contributed by atoms with E-state index in [-0.39, 0.29) is 6.10 Å². The van der Waals surface area contributed by atoms with Crippen molar-refractivity contribution in [2.45, 2.75) is 46.3 Å². The molecule has 0 radical (unpaired) electrons. The Kier molecular flexibility index (Phi) is 5.23. The van der Waals surface area contributed by atoms with Gasteiger partial charge in [0.05, 0.1) is 10.6 Å². The largest absolute Gasteiger partial charge is 0.514 e. The fourth-order valence-corrected chi connectivity index (χ4v) is 1.60. The molecule has 0 unspecified atom stereocenters. The van der Waals surface area contributed by atoms with E-state index in [1.807, 2.05) is 13.8 Å². The number of benzene rings is 1. The zero-order valence-electron chi connectivity index (χ0n) is 11.8. The van der Waals surface area contributed by atoms with Gasteiger partial charge >= 0.3 is 6.16 Å². The van der Waals surface area contributed by atoms with Gasteiger partial charge in [0, 0.05) is 6.07 Å². The van der Waals surface area contributed by atoms with Gasteiger partial charge in [0.15, 0.2) is 5.75 Å². The number of halogens is 1. The van der Waals surface area contributed by atoms with Crippen molar-refractivity contribution in [3.05, 3.63) is 22.7 Å². The van der Waals surface area contributed by atoms with Crippen molar-refractivity contribution in [3.63, 3.8) is 0 Å². The second kappa shape index (κ2) is 6.28. The van der Waals surface area contributed by atoms with Gasteiger partial charge in [-0.05, 0) is 62.7 Å². The van der Waals surface area contributed by atoms with Gasteiger partial charge in [-0.3, -0.25) is 0 Å². The molecule has 0 N–H and O–H groups in total. The standard InChI is InChI=1S/C14H19BrO4/c1-9(2)17-10-6-7-11(15)12(8-10)18-13(16)19-14(3,4)5/h6-9H,1-5H3. The molecule has 0 fully saturated rings. The van der Waals surface area contributed by atoms with Crippen LogP contribution in [0.3, 0.4) is 0 Å². The number of carbonyl (C=O) groups excluding carboxylic acids is 1. The quantitative estimate of drug-likeness (QED) is 0.602. The van der Waals surface area contributed by atoms with E-state index >= 15 is 0 Å². The molecular weight excluding hydrogens is 312 g/mol. The lowest BCUT2D eigenvalue weighted by Gasteiger charge is -2.19. The highest BCUT2D eigenvalue weighted by atomic mass is 79.9. The third-order valence-electron chi connectivity index (χ3n) is 1.86. The molecule has 0 bridgehead atoms. The second-order valence-corrected chi connectivity index (χ2v) is 6.18. The van der Waals surface area contributed by atoms with Crippen molar-refractivity contribution >= 4 is 22.1 Å². The van der Waals surface area contributed by atoms with Crippen molar-refractivity contribution in [2.75, 3.05) is 0 Å². The number of hydrogen-bond acceptors (Lipinski definition) is 4. The Bertz CT molecular complexity index is 449. The molecule has 106 valence electrons. The minimum atomic E-state index is -0.741. The van der Waals surface area contributed by atoms with Gasteiger partial charge in [0.2, 0.25) is 0 Å². The summed E-state index contributed by atoms with van der Waals surface area (Å²) in [6, 6.07) is 5.21. The maximum atomic E-state index is 11.6. The lowest BCUT2D eigenvalue weighted by Crippen LogP contribution is -2.26. The molecule has 5 heteroatoms. The summed E-state index contributed by atoms with van der Waals surface area (Å²) in [6.45, 7) is 9.19. The van der Waals surface area contributed by atoms with Crippen LogP contribution in [0.25, 0.3) is 0 Å². The SMILES string of the molecule is CC(C)Oc1ccc(Br)c(OC(=O)OC(C)(C)C)c1. The Labute approximate surface area is 122 Å². The lowest BCUT2D eigenvalue weighted by atomic mass is 10.2. The highest BCUT2D eigenvalue weighted by Crippen LogP contribution is 2.30. The van der Waals surface area contributed by atoms with Crippen molar-refractivity contribution < 1.29 is 19.0 Å². The van der Waals surface area contributed by atoms with Gasteiger partial charge in [-0.25, -0.2) is 4.79 Å². The molecule has 0 saturated carbocycles. The zero-order chi connectivity index (χ0) is 14.6. The van der Waals surface area contributed by atoms with E-state index in [1.165, 1.54) is 0 Å². The van der Waals surface area contributed by atoms with Crippen LogP contribution < -0.4 is 9.47 Å². The average Bonchev–Trinajstić information content (AvgIpc) is 2.19. The first-order valence-corrected chi connectivity index (χ1v) is 6.84. The minimum Gasteiger partial charge on any atom is -0.491 e. The monoisotopic (exact) mass is 330 g/mol. The summed E-state index contributed by atoms with van der Waals surface area (Å²) < 4.78 is 16.5. The van der Waals surface area contributed by atoms with Crippen molar-refractivity contribution in [1.29, 1.82) is 0 Å². The molecule has 0 aliphatic carbocycles. The third-order valence-corrected chi connectivity index (χ3v) is 2.51. The first-order chi connectivity index (χ1) is 8.67. The fraction of sp³-hybridized carbons (Fsp3) is 0.500. The van der Waals surface area contributed by atoms with E-state index in [0.29, 0.717) is 16.0 Å². The summed E-state index contributed by atoms with van der Waals surface area (Å²) in [5.74, 6) is 1.00. The predicted molar refractivity (Wildman–Crippen MR) is 76.8 cm³/mol. The van der Waals surface area contributed by atoms with Crippen LogP contribution in [0.4, 0.5) is 4.79 Å². The van der Waals surface area contributed by atoms with Gasteiger partial charge < -0.3 is 14.2 Å². The Morgan fingerprint density at radius 2 is 1.89 bits per heavy atom. The van der Waals surface area contributed by atoms with Gasteiger partial charge in [-0.1, -0.05) is 0 Å². The van der Waals surface area contributed by atoms with E-state index in [4.69, 9.17) is 14.2 Å². The molecule has 4 nitrogen and oxygen atoms in total. The number of carbonyl (C=O) groups is 1. The molecule has 0 spiro atoms. The summed E-state index contributed by atoms with van der Waals surface area (Å²) in [6.07, 6.45) is -0.689. The predicted octanol–water partition coefficient (Wildman–Crippen LogP) is 4.55. The van der Waals surface area contributed by atoms with E-state index in [0.717, 1.165) is 0 Å². The Morgan fingerprint density at radius 3 is 2.42 bits per heavy atom. The topological polar surface area (TPSA) is 44.8 Å². The highest BCUT2D eigenvalue weighted by Gasteiger charge is 2.19. The molecule has 0 amide bonds. The first-order valence-electron chi connectivity index (χ1n) is 6.04. The maximum Gasteiger partial charge on any atom is 0.514 e. The van der Waals surface area contributed by atoms with Crippen molar-refractivity contribution in [2.24, 2.45) is 0 Å². The van der Waals surface area contributed by atoms with Crippen LogP contribution in [0.2, 0.25) is 0 Å². The van der Waals surface area contributed by atoms with Crippen LogP contribution in [0.1, 0.15) is 34.6 Å². The van der Waals surface area contributed by atoms with E-state index in [2.05, 4.69) is 15.9 Å². The lowest BCUT2D eigenvalue weighted by molar-refractivity contribution is 0.0204. The fourth-order valence-electron chi connectivity index (χ4n) is 1.27. The Balaban J connectivity index is 2.79.